The summed E-state index contributed by atoms with van der Waals surface area (Å²) in [6.07, 6.45) is 4.23. The van der Waals surface area contributed by atoms with E-state index in [0.717, 1.165) is 52.6 Å². The second kappa shape index (κ2) is 10.7. The van der Waals surface area contributed by atoms with Crippen molar-refractivity contribution in [3.63, 3.8) is 0 Å². The van der Waals surface area contributed by atoms with E-state index in [1.165, 1.54) is 39.3 Å². The number of hydrogen-bond donors (Lipinski definition) is 1. The van der Waals surface area contributed by atoms with Crippen LogP contribution in [0.5, 0.6) is 0 Å². The van der Waals surface area contributed by atoms with Crippen molar-refractivity contribution in [3.05, 3.63) is 50.7 Å². The molecule has 11 heteroatoms. The molecule has 0 spiro atoms. The van der Waals surface area contributed by atoms with Crippen molar-refractivity contribution < 1.29 is 14.3 Å². The number of anilines is 1. The number of benzene rings is 1. The van der Waals surface area contributed by atoms with Crippen LogP contribution in [0.3, 0.4) is 0 Å². The molecule has 0 bridgehead atoms. The predicted molar refractivity (Wildman–Crippen MR) is 142 cm³/mol. The van der Waals surface area contributed by atoms with E-state index >= 15 is 0 Å². The van der Waals surface area contributed by atoms with E-state index in [0.29, 0.717) is 27.9 Å². The minimum atomic E-state index is -0.352. The summed E-state index contributed by atoms with van der Waals surface area (Å²) in [7, 11) is 0. The zero-order valence-corrected chi connectivity index (χ0v) is 22.2. The molecule has 1 aliphatic carbocycles. The molecule has 3 aromatic heterocycles. The zero-order chi connectivity index (χ0) is 24.4. The van der Waals surface area contributed by atoms with E-state index in [9.17, 15) is 9.59 Å². The number of aromatic nitrogens is 3. The fraction of sp³-hybridized carbons (Fsp3) is 0.333. The van der Waals surface area contributed by atoms with Gasteiger partial charge in [-0.1, -0.05) is 35.5 Å². The maximum absolute atomic E-state index is 12.8. The molecule has 7 nitrogen and oxygen atoms in total. The Labute approximate surface area is 219 Å². The van der Waals surface area contributed by atoms with E-state index < -0.39 is 0 Å². The number of nitrogens with zero attached hydrogens (tertiary/aromatic N) is 3. The molecule has 1 aliphatic rings. The number of amides is 1. The van der Waals surface area contributed by atoms with E-state index in [4.69, 9.17) is 16.3 Å². The third-order valence-corrected chi connectivity index (χ3v) is 8.93. The molecule has 4 aromatic rings. The van der Waals surface area contributed by atoms with Crippen LogP contribution in [-0.4, -0.2) is 38.8 Å². The monoisotopic (exact) mass is 546 g/mol. The molecule has 3 heterocycles. The summed E-state index contributed by atoms with van der Waals surface area (Å²) < 4.78 is 7.28. The molecule has 0 atom stereocenters. The summed E-state index contributed by atoms with van der Waals surface area (Å²) in [4.78, 5) is 27.4. The van der Waals surface area contributed by atoms with Gasteiger partial charge in [0.15, 0.2) is 5.16 Å². The van der Waals surface area contributed by atoms with Gasteiger partial charge in [0.05, 0.1) is 17.9 Å². The average Bonchev–Trinajstić information content (AvgIpc) is 3.54. The lowest BCUT2D eigenvalue weighted by molar-refractivity contribution is -0.115. The normalized spacial score (nSPS) is 13.1. The molecule has 1 aromatic carbocycles. The van der Waals surface area contributed by atoms with Crippen LogP contribution in [0.1, 0.15) is 47.0 Å². The highest BCUT2D eigenvalue weighted by Gasteiger charge is 2.27. The number of hydrogen-bond acceptors (Lipinski definition) is 8. The van der Waals surface area contributed by atoms with Crippen LogP contribution in [0.25, 0.3) is 16.2 Å². The van der Waals surface area contributed by atoms with Crippen LogP contribution < -0.4 is 5.32 Å². The van der Waals surface area contributed by atoms with Gasteiger partial charge < -0.3 is 10.1 Å². The summed E-state index contributed by atoms with van der Waals surface area (Å²) in [5.74, 6) is 0.0443. The molecule has 0 saturated heterocycles. The molecular formula is C24H23ClN4O3S3. The lowest BCUT2D eigenvalue weighted by Crippen LogP contribution is -2.16. The van der Waals surface area contributed by atoms with E-state index in [1.807, 2.05) is 34.0 Å². The van der Waals surface area contributed by atoms with E-state index in [2.05, 4.69) is 15.5 Å². The number of carbonyl (C=O) groups excluding carboxylic acids is 2. The number of thiophene rings is 1. The smallest absolute Gasteiger partial charge is 0.341 e. The van der Waals surface area contributed by atoms with Crippen LogP contribution in [0, 0.1) is 0 Å². The number of aryl methyl sites for hydroxylation is 1. The standard InChI is InChI=1S/C24H23ClN4O3S3/c1-2-32-22(31)20-16-5-3-4-6-18(16)35-21(20)26-19(30)11-12-33-23-27-28-24-29(23)17(13-34-24)14-7-9-15(25)10-8-14/h7-10,13H,2-6,11-12H2,1H3,(H,26,30). The number of fused-ring (bicyclic) bond motifs is 2. The van der Waals surface area contributed by atoms with Gasteiger partial charge in [-0.3, -0.25) is 9.20 Å². The van der Waals surface area contributed by atoms with Crippen molar-refractivity contribution >= 4 is 67.9 Å². The van der Waals surface area contributed by atoms with Crippen molar-refractivity contribution in [1.29, 1.82) is 0 Å². The predicted octanol–water partition coefficient (Wildman–Crippen LogP) is 6.35. The molecule has 35 heavy (non-hydrogen) atoms. The summed E-state index contributed by atoms with van der Waals surface area (Å²) >= 11 is 10.5. The number of rotatable bonds is 8. The largest absolute Gasteiger partial charge is 0.462 e. The second-order valence-electron chi connectivity index (χ2n) is 8.01. The first-order valence-electron chi connectivity index (χ1n) is 11.4. The molecule has 0 fully saturated rings. The highest BCUT2D eigenvalue weighted by molar-refractivity contribution is 7.99. The van der Waals surface area contributed by atoms with Crippen molar-refractivity contribution in [2.24, 2.45) is 0 Å². The van der Waals surface area contributed by atoms with Gasteiger partial charge in [0.1, 0.15) is 5.00 Å². The lowest BCUT2D eigenvalue weighted by Gasteiger charge is -2.12. The van der Waals surface area contributed by atoms with Gasteiger partial charge >= 0.3 is 5.97 Å². The van der Waals surface area contributed by atoms with Gasteiger partial charge in [-0.2, -0.15) is 0 Å². The van der Waals surface area contributed by atoms with Crippen LogP contribution in [0.4, 0.5) is 5.00 Å². The Balaban J connectivity index is 1.27. The lowest BCUT2D eigenvalue weighted by atomic mass is 9.95. The SMILES string of the molecule is CCOC(=O)c1c(NC(=O)CCSc2nnc3scc(-c4ccc(Cl)cc4)n23)sc2c1CCCC2. The summed E-state index contributed by atoms with van der Waals surface area (Å²) in [5, 5.41) is 15.6. The van der Waals surface area contributed by atoms with Gasteiger partial charge in [0.25, 0.3) is 0 Å². The topological polar surface area (TPSA) is 85.6 Å². The number of esters is 1. The van der Waals surface area contributed by atoms with Crippen LogP contribution in [-0.2, 0) is 22.4 Å². The minimum Gasteiger partial charge on any atom is -0.462 e. The van der Waals surface area contributed by atoms with Gasteiger partial charge in [-0.15, -0.1) is 32.9 Å². The third kappa shape index (κ3) is 5.11. The van der Waals surface area contributed by atoms with Crippen molar-refractivity contribution in [1.82, 2.24) is 14.6 Å². The average molecular weight is 547 g/mol. The maximum atomic E-state index is 12.8. The Kier molecular flexibility index (Phi) is 7.43. The Hall–Kier alpha value is -2.40. The number of halogens is 1. The Morgan fingerprint density at radius 3 is 2.80 bits per heavy atom. The summed E-state index contributed by atoms with van der Waals surface area (Å²) in [6.45, 7) is 2.10. The molecule has 1 N–H and O–H groups in total. The molecule has 0 unspecified atom stereocenters. The molecule has 1 amide bonds. The van der Waals surface area contributed by atoms with Crippen LogP contribution >= 0.6 is 46.0 Å². The fourth-order valence-electron chi connectivity index (χ4n) is 4.11. The Bertz CT molecular complexity index is 1380. The summed E-state index contributed by atoms with van der Waals surface area (Å²) in [5.41, 5.74) is 3.59. The molecule has 0 saturated carbocycles. The number of thiazole rings is 1. The van der Waals surface area contributed by atoms with Crippen LogP contribution in [0.15, 0.2) is 34.8 Å². The Morgan fingerprint density at radius 2 is 2.00 bits per heavy atom. The number of carbonyl (C=O) groups is 2. The minimum absolute atomic E-state index is 0.134. The zero-order valence-electron chi connectivity index (χ0n) is 19.0. The van der Waals surface area contributed by atoms with Gasteiger partial charge in [-0.05, 0) is 55.9 Å². The van der Waals surface area contributed by atoms with Crippen molar-refractivity contribution in [2.75, 3.05) is 17.7 Å². The fourth-order valence-corrected chi connectivity index (χ4v) is 7.31. The first-order chi connectivity index (χ1) is 17.0. The molecule has 0 aliphatic heterocycles. The number of thioether (sulfide) groups is 1. The maximum Gasteiger partial charge on any atom is 0.341 e. The first kappa shape index (κ1) is 24.3. The van der Waals surface area contributed by atoms with Gasteiger partial charge in [-0.25, -0.2) is 4.79 Å². The Morgan fingerprint density at radius 1 is 1.20 bits per heavy atom. The van der Waals surface area contributed by atoms with Gasteiger partial charge in [0, 0.05) is 27.5 Å². The van der Waals surface area contributed by atoms with Crippen molar-refractivity contribution in [3.8, 4) is 11.3 Å². The molecule has 0 radical (unpaired) electrons. The summed E-state index contributed by atoms with van der Waals surface area (Å²) in [6, 6.07) is 7.64. The second-order valence-corrected chi connectivity index (χ2v) is 11.5. The third-order valence-electron chi connectivity index (χ3n) is 5.72. The first-order valence-corrected chi connectivity index (χ1v) is 14.4. The molecule has 5 rings (SSSR count). The number of ether oxygens (including phenoxy) is 1. The number of nitrogens with one attached hydrogen (secondary N) is 1. The molecular weight excluding hydrogens is 524 g/mol. The van der Waals surface area contributed by atoms with E-state index in [-0.39, 0.29) is 18.3 Å². The highest BCUT2D eigenvalue weighted by Crippen LogP contribution is 2.39. The van der Waals surface area contributed by atoms with Gasteiger partial charge in [0.2, 0.25) is 10.9 Å². The molecule has 182 valence electrons. The highest BCUT2D eigenvalue weighted by atomic mass is 35.5. The van der Waals surface area contributed by atoms with Crippen molar-refractivity contribution in [2.45, 2.75) is 44.2 Å². The van der Waals surface area contributed by atoms with Crippen LogP contribution in [0.2, 0.25) is 5.02 Å². The quantitative estimate of drug-likeness (QED) is 0.205. The van der Waals surface area contributed by atoms with E-state index in [1.54, 1.807) is 6.92 Å².